The Morgan fingerprint density at radius 2 is 1.93 bits per heavy atom. The van der Waals surface area contributed by atoms with Gasteiger partial charge in [0.2, 0.25) is 0 Å². The van der Waals surface area contributed by atoms with Crippen LogP contribution in [0, 0.1) is 0 Å². The predicted octanol–water partition coefficient (Wildman–Crippen LogP) is 2.51. The van der Waals surface area contributed by atoms with Crippen molar-refractivity contribution in [2.75, 3.05) is 31.6 Å². The Bertz CT molecular complexity index is 884. The molecule has 3 heterocycles. The van der Waals surface area contributed by atoms with Crippen LogP contribution in [-0.2, 0) is 24.1 Å². The lowest BCUT2D eigenvalue weighted by atomic mass is 10.1. The van der Waals surface area contributed by atoms with Crippen molar-refractivity contribution in [3.63, 3.8) is 0 Å². The number of amides is 2. The molecular formula is C21H26N4O3. The number of imidazole rings is 1. The van der Waals surface area contributed by atoms with Gasteiger partial charge in [-0.1, -0.05) is 25.1 Å². The Morgan fingerprint density at radius 1 is 1.14 bits per heavy atom. The van der Waals surface area contributed by atoms with E-state index in [4.69, 9.17) is 4.74 Å². The lowest BCUT2D eigenvalue weighted by Gasteiger charge is -2.27. The molecule has 4 rings (SSSR count). The number of nitrogens with one attached hydrogen (secondary N) is 1. The van der Waals surface area contributed by atoms with Crippen LogP contribution in [0.5, 0.6) is 0 Å². The summed E-state index contributed by atoms with van der Waals surface area (Å²) in [6.07, 6.45) is 3.59. The van der Waals surface area contributed by atoms with Gasteiger partial charge in [0.1, 0.15) is 0 Å². The number of nitrogens with zero attached hydrogens (tertiary/aromatic N) is 3. The van der Waals surface area contributed by atoms with E-state index in [1.54, 1.807) is 4.90 Å². The minimum atomic E-state index is -0.243. The molecule has 1 aromatic carbocycles. The minimum Gasteiger partial charge on any atom is -0.378 e. The number of hydrogen-bond donors (Lipinski definition) is 1. The van der Waals surface area contributed by atoms with Crippen LogP contribution < -0.4 is 5.32 Å². The summed E-state index contributed by atoms with van der Waals surface area (Å²) in [7, 11) is 0. The minimum absolute atomic E-state index is 0.112. The molecule has 0 unspecified atom stereocenters. The molecule has 0 atom stereocenters. The fraction of sp³-hybridized carbons (Fsp3) is 0.476. The molecule has 28 heavy (non-hydrogen) atoms. The number of hydrogen-bond acceptors (Lipinski definition) is 4. The monoisotopic (exact) mass is 382 g/mol. The molecule has 0 saturated carbocycles. The summed E-state index contributed by atoms with van der Waals surface area (Å²) in [5.74, 6) is 0.0255. The Labute approximate surface area is 164 Å². The van der Waals surface area contributed by atoms with Gasteiger partial charge < -0.3 is 19.5 Å². The third-order valence-electron chi connectivity index (χ3n) is 5.47. The number of rotatable bonds is 4. The van der Waals surface area contributed by atoms with Crippen molar-refractivity contribution < 1.29 is 14.3 Å². The number of morpholine rings is 1. The van der Waals surface area contributed by atoms with E-state index in [0.717, 1.165) is 49.2 Å². The molecule has 2 amide bonds. The summed E-state index contributed by atoms with van der Waals surface area (Å²) in [6.45, 7) is 4.99. The molecule has 0 radical (unpaired) electrons. The number of fused-ring (bicyclic) bond motifs is 1. The summed E-state index contributed by atoms with van der Waals surface area (Å²) in [5.41, 5.74) is 3.12. The van der Waals surface area contributed by atoms with E-state index < -0.39 is 0 Å². The van der Waals surface area contributed by atoms with Crippen LogP contribution in [0.1, 0.15) is 52.1 Å². The van der Waals surface area contributed by atoms with Gasteiger partial charge in [-0.3, -0.25) is 9.59 Å². The van der Waals surface area contributed by atoms with Crippen LogP contribution >= 0.6 is 0 Å². The first-order chi connectivity index (χ1) is 13.7. The Hall–Kier alpha value is -2.67. The summed E-state index contributed by atoms with van der Waals surface area (Å²) >= 11 is 0. The summed E-state index contributed by atoms with van der Waals surface area (Å²) in [5, 5.41) is 3.00. The number of aromatic nitrogens is 2. The van der Waals surface area contributed by atoms with Crippen molar-refractivity contribution >= 4 is 17.5 Å². The topological polar surface area (TPSA) is 76.5 Å². The van der Waals surface area contributed by atoms with Crippen molar-refractivity contribution in [1.29, 1.82) is 0 Å². The molecule has 2 aromatic rings. The maximum absolute atomic E-state index is 13.0. The standard InChI is InChI=1S/C21H26N4O3/c1-2-15-7-3-4-8-16(15)22-20(26)18-17-9-5-6-10-25(17)19(23-18)21(27)24-11-13-28-14-12-24/h3-4,7-8H,2,5-6,9-14H2,1H3,(H,22,26). The fourth-order valence-electron chi connectivity index (χ4n) is 3.93. The van der Waals surface area contributed by atoms with Gasteiger partial charge in [0.05, 0.1) is 18.9 Å². The second-order valence-electron chi connectivity index (χ2n) is 7.21. The van der Waals surface area contributed by atoms with Gasteiger partial charge in [-0.15, -0.1) is 0 Å². The normalized spacial score (nSPS) is 16.5. The molecule has 7 nitrogen and oxygen atoms in total. The smallest absolute Gasteiger partial charge is 0.290 e. The number of para-hydroxylation sites is 1. The van der Waals surface area contributed by atoms with E-state index in [-0.39, 0.29) is 11.8 Å². The van der Waals surface area contributed by atoms with E-state index >= 15 is 0 Å². The van der Waals surface area contributed by atoms with Gasteiger partial charge in [-0.05, 0) is 37.3 Å². The van der Waals surface area contributed by atoms with Crippen molar-refractivity contribution in [1.82, 2.24) is 14.5 Å². The van der Waals surface area contributed by atoms with Crippen LogP contribution in [0.15, 0.2) is 24.3 Å². The molecule has 1 saturated heterocycles. The van der Waals surface area contributed by atoms with Gasteiger partial charge in [0.15, 0.2) is 11.5 Å². The predicted molar refractivity (Wildman–Crippen MR) is 106 cm³/mol. The van der Waals surface area contributed by atoms with Crippen molar-refractivity contribution in [2.24, 2.45) is 0 Å². The van der Waals surface area contributed by atoms with Gasteiger partial charge >= 0.3 is 0 Å². The lowest BCUT2D eigenvalue weighted by molar-refractivity contribution is 0.0291. The van der Waals surface area contributed by atoms with Crippen molar-refractivity contribution in [2.45, 2.75) is 39.2 Å². The lowest BCUT2D eigenvalue weighted by Crippen LogP contribution is -2.42. The SMILES string of the molecule is CCc1ccccc1NC(=O)c1nc(C(=O)N2CCOCC2)n2c1CCCC2. The molecule has 1 N–H and O–H groups in total. The van der Waals surface area contributed by atoms with Crippen LogP contribution in [-0.4, -0.2) is 52.6 Å². The molecule has 2 aliphatic rings. The van der Waals surface area contributed by atoms with E-state index in [9.17, 15) is 9.59 Å². The van der Waals surface area contributed by atoms with Crippen LogP contribution in [0.3, 0.4) is 0 Å². The van der Waals surface area contributed by atoms with E-state index in [0.29, 0.717) is 37.8 Å². The van der Waals surface area contributed by atoms with Gasteiger partial charge in [0, 0.05) is 25.3 Å². The average molecular weight is 382 g/mol. The average Bonchev–Trinajstić information content (AvgIpc) is 3.14. The highest BCUT2D eigenvalue weighted by Gasteiger charge is 2.30. The molecule has 1 aromatic heterocycles. The molecule has 2 aliphatic heterocycles. The zero-order valence-corrected chi connectivity index (χ0v) is 16.2. The molecule has 0 bridgehead atoms. The van der Waals surface area contributed by atoms with Crippen LogP contribution in [0.4, 0.5) is 5.69 Å². The van der Waals surface area contributed by atoms with Gasteiger partial charge in [-0.25, -0.2) is 4.98 Å². The number of carbonyl (C=O) groups is 2. The first kappa shape index (κ1) is 18.7. The van der Waals surface area contributed by atoms with Gasteiger partial charge in [-0.2, -0.15) is 0 Å². The summed E-state index contributed by atoms with van der Waals surface area (Å²) < 4.78 is 7.29. The maximum Gasteiger partial charge on any atom is 0.290 e. The number of aryl methyl sites for hydroxylation is 1. The molecule has 148 valence electrons. The van der Waals surface area contributed by atoms with Gasteiger partial charge in [0.25, 0.3) is 11.8 Å². The second kappa shape index (κ2) is 8.14. The first-order valence-corrected chi connectivity index (χ1v) is 10.0. The zero-order chi connectivity index (χ0) is 19.5. The third-order valence-corrected chi connectivity index (χ3v) is 5.47. The molecular weight excluding hydrogens is 356 g/mol. The maximum atomic E-state index is 13.0. The van der Waals surface area contributed by atoms with Crippen LogP contribution in [0.2, 0.25) is 0 Å². The quantitative estimate of drug-likeness (QED) is 0.882. The Morgan fingerprint density at radius 3 is 2.71 bits per heavy atom. The Balaban J connectivity index is 1.64. The highest BCUT2D eigenvalue weighted by atomic mass is 16.5. The highest BCUT2D eigenvalue weighted by Crippen LogP contribution is 2.24. The fourth-order valence-corrected chi connectivity index (χ4v) is 3.93. The third kappa shape index (κ3) is 3.54. The second-order valence-corrected chi connectivity index (χ2v) is 7.21. The first-order valence-electron chi connectivity index (χ1n) is 10.0. The van der Waals surface area contributed by atoms with E-state index in [2.05, 4.69) is 17.2 Å². The van der Waals surface area contributed by atoms with E-state index in [1.807, 2.05) is 28.8 Å². The van der Waals surface area contributed by atoms with Crippen molar-refractivity contribution in [3.8, 4) is 0 Å². The molecule has 7 heteroatoms. The largest absolute Gasteiger partial charge is 0.378 e. The number of anilines is 1. The number of ether oxygens (including phenoxy) is 1. The van der Waals surface area contributed by atoms with Crippen molar-refractivity contribution in [3.05, 3.63) is 47.0 Å². The zero-order valence-electron chi connectivity index (χ0n) is 16.2. The molecule has 1 fully saturated rings. The van der Waals surface area contributed by atoms with Crippen LogP contribution in [0.25, 0.3) is 0 Å². The molecule has 0 aliphatic carbocycles. The summed E-state index contributed by atoms with van der Waals surface area (Å²) in [4.78, 5) is 32.4. The van der Waals surface area contributed by atoms with E-state index in [1.165, 1.54) is 0 Å². The Kier molecular flexibility index (Phi) is 5.43. The number of benzene rings is 1. The highest BCUT2D eigenvalue weighted by molar-refractivity contribution is 6.05. The molecule has 0 spiro atoms. The number of carbonyl (C=O) groups excluding carboxylic acids is 2. The summed E-state index contributed by atoms with van der Waals surface area (Å²) in [6, 6.07) is 7.78.